The van der Waals surface area contributed by atoms with E-state index in [9.17, 15) is 24.0 Å². The van der Waals surface area contributed by atoms with E-state index < -0.39 is 65.5 Å². The minimum Gasteiger partial charge on any atom is -0.458 e. The van der Waals surface area contributed by atoms with Crippen molar-refractivity contribution in [2.24, 2.45) is 5.16 Å². The van der Waals surface area contributed by atoms with Gasteiger partial charge in [-0.3, -0.25) is 14.5 Å². The minimum atomic E-state index is -1.18. The number of thiazole rings is 1. The molecule has 2 atom stereocenters. The molecule has 2 N–H and O–H groups in total. The van der Waals surface area contributed by atoms with Gasteiger partial charge >= 0.3 is 17.9 Å². The summed E-state index contributed by atoms with van der Waals surface area (Å²) in [6.45, 7) is 2.89. The van der Waals surface area contributed by atoms with Crippen molar-refractivity contribution >= 4 is 75.4 Å². The molecule has 0 bridgehead atoms. The maximum absolute atomic E-state index is 14.9. The number of anilines is 1. The molecule has 0 saturated carbocycles. The third-order valence-electron chi connectivity index (χ3n) is 13.3. The lowest BCUT2D eigenvalue weighted by Gasteiger charge is -2.49. The van der Waals surface area contributed by atoms with Gasteiger partial charge in [0.2, 0.25) is 6.61 Å². The number of carbonyl (C=O) groups is 5. The topological polar surface area (TPSA) is 175 Å². The van der Waals surface area contributed by atoms with Gasteiger partial charge in [-0.15, -0.1) is 23.1 Å². The first-order valence-corrected chi connectivity index (χ1v) is 28.8. The number of esters is 3. The Balaban J connectivity index is 0.961. The first-order chi connectivity index (χ1) is 40.2. The Morgan fingerprint density at radius 3 is 1.66 bits per heavy atom. The number of aromatic nitrogens is 1. The molecular formula is C65H53N5O9S3. The Kier molecular flexibility index (Phi) is 18.3. The van der Waals surface area contributed by atoms with Crippen LogP contribution < -0.4 is 10.6 Å². The highest BCUT2D eigenvalue weighted by molar-refractivity contribution is 8.08. The number of rotatable bonds is 23. The van der Waals surface area contributed by atoms with Crippen LogP contribution in [-0.2, 0) is 48.6 Å². The summed E-state index contributed by atoms with van der Waals surface area (Å²) in [4.78, 5) is 82.9. The average Bonchev–Trinajstić information content (AvgIpc) is 2.02. The van der Waals surface area contributed by atoms with Gasteiger partial charge in [-0.05, 0) is 44.4 Å². The molecule has 10 rings (SSSR count). The molecule has 82 heavy (non-hydrogen) atoms. The lowest BCUT2D eigenvalue weighted by atomic mass is 9.77. The molecule has 0 radical (unpaired) electrons. The number of benzene rings is 7. The zero-order valence-corrected chi connectivity index (χ0v) is 46.3. The molecule has 1 fully saturated rings. The summed E-state index contributed by atoms with van der Waals surface area (Å²) in [5.74, 6) is -3.46. The fourth-order valence-electron chi connectivity index (χ4n) is 9.47. The number of hydrogen-bond acceptors (Lipinski definition) is 15. The zero-order valence-electron chi connectivity index (χ0n) is 43.9. The number of hydrogen-bond donors (Lipinski definition) is 2. The van der Waals surface area contributed by atoms with Gasteiger partial charge < -0.3 is 29.7 Å². The van der Waals surface area contributed by atoms with E-state index in [1.165, 1.54) is 45.6 Å². The monoisotopic (exact) mass is 1140 g/mol. The molecule has 0 aliphatic carbocycles. The Bertz CT molecular complexity index is 3440. The summed E-state index contributed by atoms with van der Waals surface area (Å²) in [6.07, 6.45) is 1.04. The smallest absolute Gasteiger partial charge is 0.356 e. The van der Waals surface area contributed by atoms with Crippen molar-refractivity contribution in [3.05, 3.63) is 297 Å². The number of oxime groups is 1. The fourth-order valence-corrected chi connectivity index (χ4v) is 12.5. The van der Waals surface area contributed by atoms with Crippen LogP contribution in [0, 0.1) is 0 Å². The minimum absolute atomic E-state index is 0.00834. The van der Waals surface area contributed by atoms with Crippen LogP contribution in [0.1, 0.15) is 56.8 Å². The van der Waals surface area contributed by atoms with Crippen LogP contribution in [0.5, 0.6) is 0 Å². The van der Waals surface area contributed by atoms with Crippen LogP contribution in [0.2, 0.25) is 0 Å². The second kappa shape index (κ2) is 26.8. The molecule has 14 nitrogen and oxygen atoms in total. The molecule has 2 amide bonds. The van der Waals surface area contributed by atoms with Crippen LogP contribution in [0.3, 0.4) is 0 Å². The molecule has 1 saturated heterocycles. The summed E-state index contributed by atoms with van der Waals surface area (Å²) in [5.41, 5.74) is 4.30. The summed E-state index contributed by atoms with van der Waals surface area (Å²) in [6, 6.07) is 65.6. The largest absolute Gasteiger partial charge is 0.458 e. The summed E-state index contributed by atoms with van der Waals surface area (Å²) in [7, 11) is 0. The van der Waals surface area contributed by atoms with Crippen LogP contribution >= 0.6 is 34.9 Å². The average molecular weight is 1140 g/mol. The quantitative estimate of drug-likeness (QED) is 0.00906. The van der Waals surface area contributed by atoms with E-state index in [1.54, 1.807) is 5.38 Å². The molecule has 3 heterocycles. The van der Waals surface area contributed by atoms with Crippen molar-refractivity contribution in [3.63, 3.8) is 0 Å². The molecule has 0 spiro atoms. The second-order valence-corrected chi connectivity index (χ2v) is 21.5. The van der Waals surface area contributed by atoms with Gasteiger partial charge in [-0.1, -0.05) is 242 Å². The van der Waals surface area contributed by atoms with Crippen molar-refractivity contribution in [1.29, 1.82) is 0 Å². The van der Waals surface area contributed by atoms with Gasteiger partial charge in [0.05, 0.1) is 0 Å². The van der Waals surface area contributed by atoms with Crippen molar-refractivity contribution in [3.8, 4) is 0 Å². The Hall–Kier alpha value is -9.29. The number of nitrogens with one attached hydrogen (secondary N) is 2. The van der Waals surface area contributed by atoms with Crippen LogP contribution in [-0.4, -0.2) is 75.7 Å². The first kappa shape index (κ1) is 56.0. The summed E-state index contributed by atoms with van der Waals surface area (Å²) < 4.78 is 17.4. The summed E-state index contributed by atoms with van der Waals surface area (Å²) >= 11 is 3.59. The summed E-state index contributed by atoms with van der Waals surface area (Å²) in [5, 5.41) is 13.6. The van der Waals surface area contributed by atoms with Crippen molar-refractivity contribution in [2.45, 2.75) is 29.2 Å². The van der Waals surface area contributed by atoms with Gasteiger partial charge in [-0.25, -0.2) is 19.4 Å². The standard InChI is InChI=1S/C65H53N5O9S3/c1-2-39-76-53(71)38-40-80-52-43-81-62-56(61(74)70(62)57(52)63(75)79-59(46-28-14-5-15-29-46)47-30-16-6-17-31-47)67-60(73)55(69-77-41-54(72)78-58(44-24-10-3-11-25-44)45-26-12-4-13-27-45)51-42-82-64(66-51)68-65(48-32-18-7-19-33-48,49-34-20-8-21-35-49)50-36-22-9-23-37-50/h2-38,40,42,56,58-59,62H,1,39,41,43H2,(H,66,68)(H,67,73)/b40-38-,69-55-/t56-,62-/m1/s1. The molecule has 1 aromatic heterocycles. The van der Waals surface area contributed by atoms with E-state index in [1.807, 2.05) is 212 Å². The van der Waals surface area contributed by atoms with Crippen LogP contribution in [0.4, 0.5) is 5.13 Å². The number of carbonyl (C=O) groups excluding carboxylic acids is 5. The number of thioether (sulfide) groups is 2. The van der Waals surface area contributed by atoms with Gasteiger partial charge in [0, 0.05) is 22.1 Å². The maximum atomic E-state index is 14.9. The number of fused-ring (bicyclic) bond motifs is 1. The molecule has 410 valence electrons. The predicted molar refractivity (Wildman–Crippen MR) is 319 cm³/mol. The predicted octanol–water partition coefficient (Wildman–Crippen LogP) is 11.5. The Labute approximate surface area is 486 Å². The molecule has 2 aliphatic heterocycles. The zero-order chi connectivity index (χ0) is 56.7. The number of ether oxygens (including phenoxy) is 3. The second-order valence-electron chi connectivity index (χ2n) is 18.5. The Morgan fingerprint density at radius 1 is 0.695 bits per heavy atom. The highest BCUT2D eigenvalue weighted by Crippen LogP contribution is 2.45. The maximum Gasteiger partial charge on any atom is 0.356 e. The highest BCUT2D eigenvalue weighted by Gasteiger charge is 2.55. The van der Waals surface area contributed by atoms with E-state index in [0.29, 0.717) is 21.2 Å². The molecule has 8 aromatic rings. The van der Waals surface area contributed by atoms with Gasteiger partial charge in [-0.2, -0.15) is 0 Å². The number of amides is 2. The molecular weight excluding hydrogens is 1090 g/mol. The van der Waals surface area contributed by atoms with Crippen molar-refractivity contribution in [2.75, 3.05) is 24.3 Å². The van der Waals surface area contributed by atoms with Crippen molar-refractivity contribution in [1.82, 2.24) is 15.2 Å². The van der Waals surface area contributed by atoms with Crippen LogP contribution in [0.25, 0.3) is 0 Å². The van der Waals surface area contributed by atoms with Gasteiger partial charge in [0.15, 0.2) is 23.1 Å². The van der Waals surface area contributed by atoms with Gasteiger partial charge in [0.1, 0.15) is 35.0 Å². The number of β-lactam (4-membered cyclic amide) rings is 1. The lowest BCUT2D eigenvalue weighted by Crippen LogP contribution is -2.71. The number of nitrogens with zero attached hydrogens (tertiary/aromatic N) is 3. The third-order valence-corrected chi connectivity index (χ3v) is 16.4. The SMILES string of the molecule is C=CCOC(=O)/C=C\SC1=C(C(=O)OC(c2ccccc2)c2ccccc2)N2C(=O)[C@@H](NC(=O)/C(=N\OCC(=O)OC(c3ccccc3)c3ccccc3)c3csc(NC(c4ccccc4)(c4ccccc4)c4ccccc4)n3)[C@H]2SC1. The van der Waals surface area contributed by atoms with E-state index in [-0.39, 0.29) is 29.5 Å². The van der Waals surface area contributed by atoms with Gasteiger partial charge in [0.25, 0.3) is 11.8 Å². The third kappa shape index (κ3) is 12.8. The molecule has 2 aliphatic rings. The first-order valence-electron chi connectivity index (χ1n) is 26.0. The van der Waals surface area contributed by atoms with E-state index in [0.717, 1.165) is 39.6 Å². The molecule has 7 aromatic carbocycles. The highest BCUT2D eigenvalue weighted by atomic mass is 32.2. The molecule has 17 heteroatoms. The normalized spacial score (nSPS) is 15.1. The fraction of sp³-hybridized carbons (Fsp3) is 0.123. The van der Waals surface area contributed by atoms with Crippen LogP contribution in [0.15, 0.2) is 258 Å². The lowest BCUT2D eigenvalue weighted by molar-refractivity contribution is -0.154. The molecule has 0 unspecified atom stereocenters. The Morgan fingerprint density at radius 2 is 1.17 bits per heavy atom. The van der Waals surface area contributed by atoms with Crippen molar-refractivity contribution < 1.29 is 43.0 Å². The van der Waals surface area contributed by atoms with E-state index >= 15 is 0 Å². The van der Waals surface area contributed by atoms with E-state index in [4.69, 9.17) is 24.0 Å². The van der Waals surface area contributed by atoms with E-state index in [2.05, 4.69) is 22.4 Å².